The molecular weight excluding hydrogens is 342 g/mol. The summed E-state index contributed by atoms with van der Waals surface area (Å²) in [6.07, 6.45) is 7.11. The number of pyridine rings is 1. The Morgan fingerprint density at radius 2 is 2.00 bits per heavy atom. The van der Waals surface area contributed by atoms with E-state index >= 15 is 0 Å². The van der Waals surface area contributed by atoms with Gasteiger partial charge in [0.05, 0.1) is 11.7 Å². The van der Waals surface area contributed by atoms with Crippen molar-refractivity contribution in [3.8, 4) is 11.5 Å². The molecule has 1 N–H and O–H groups in total. The molecule has 1 amide bonds. The summed E-state index contributed by atoms with van der Waals surface area (Å²) in [4.78, 5) is 30.0. The van der Waals surface area contributed by atoms with Crippen LogP contribution in [0.3, 0.4) is 0 Å². The maximum absolute atomic E-state index is 13.0. The molecule has 0 radical (unpaired) electrons. The van der Waals surface area contributed by atoms with E-state index in [2.05, 4.69) is 26.9 Å². The van der Waals surface area contributed by atoms with E-state index < -0.39 is 0 Å². The number of carbonyl (C=O) groups excluding carboxylic acids is 1. The fourth-order valence-electron chi connectivity index (χ4n) is 4.35. The monoisotopic (exact) mass is 367 g/mol. The van der Waals surface area contributed by atoms with Crippen LogP contribution in [0.25, 0.3) is 11.5 Å². The lowest BCUT2D eigenvalue weighted by Gasteiger charge is -2.50. The second-order valence-electron chi connectivity index (χ2n) is 7.75. The summed E-state index contributed by atoms with van der Waals surface area (Å²) in [7, 11) is 2.08. The van der Waals surface area contributed by atoms with Gasteiger partial charge in [-0.15, -0.1) is 0 Å². The Balaban J connectivity index is 1.50. The van der Waals surface area contributed by atoms with Gasteiger partial charge in [0.2, 0.25) is 0 Å². The van der Waals surface area contributed by atoms with E-state index in [1.54, 1.807) is 18.6 Å². The van der Waals surface area contributed by atoms with Crippen molar-refractivity contribution in [2.24, 2.45) is 5.41 Å². The molecule has 2 aliphatic rings. The quantitative estimate of drug-likeness (QED) is 0.865. The number of aromatic nitrogens is 3. The van der Waals surface area contributed by atoms with Gasteiger partial charge in [0.15, 0.2) is 5.82 Å². The number of aliphatic hydroxyl groups excluding tert-OH is 1. The highest BCUT2D eigenvalue weighted by Crippen LogP contribution is 2.38. The third kappa shape index (κ3) is 3.57. The maximum atomic E-state index is 13.0. The van der Waals surface area contributed by atoms with Gasteiger partial charge in [0, 0.05) is 50.2 Å². The minimum absolute atomic E-state index is 0.0675. The average Bonchev–Trinajstić information content (AvgIpc) is 2.71. The molecule has 0 bridgehead atoms. The van der Waals surface area contributed by atoms with Gasteiger partial charge in [-0.25, -0.2) is 9.97 Å². The van der Waals surface area contributed by atoms with E-state index in [1.165, 1.54) is 0 Å². The number of piperidine rings is 2. The van der Waals surface area contributed by atoms with Crippen LogP contribution in [0.5, 0.6) is 0 Å². The summed E-state index contributed by atoms with van der Waals surface area (Å²) in [5, 5.41) is 10.6. The van der Waals surface area contributed by atoms with E-state index in [0.717, 1.165) is 32.4 Å². The van der Waals surface area contributed by atoms with Crippen molar-refractivity contribution < 1.29 is 9.90 Å². The summed E-state index contributed by atoms with van der Waals surface area (Å²) in [6.45, 7) is 3.02. The van der Waals surface area contributed by atoms with Crippen LogP contribution in [0, 0.1) is 5.41 Å². The Bertz CT molecular complexity index is 798. The van der Waals surface area contributed by atoms with Gasteiger partial charge in [-0.1, -0.05) is 6.07 Å². The lowest BCUT2D eigenvalue weighted by molar-refractivity contribution is -0.0731. The smallest absolute Gasteiger partial charge is 0.257 e. The van der Waals surface area contributed by atoms with Gasteiger partial charge in [-0.3, -0.25) is 9.78 Å². The molecule has 2 saturated heterocycles. The number of aliphatic hydroxyl groups is 1. The van der Waals surface area contributed by atoms with E-state index in [1.807, 2.05) is 23.1 Å². The van der Waals surface area contributed by atoms with Gasteiger partial charge >= 0.3 is 0 Å². The molecule has 142 valence electrons. The fourth-order valence-corrected chi connectivity index (χ4v) is 4.35. The van der Waals surface area contributed by atoms with Crippen molar-refractivity contribution in [3.05, 3.63) is 42.4 Å². The van der Waals surface area contributed by atoms with Gasteiger partial charge in [-0.05, 0) is 38.4 Å². The van der Waals surface area contributed by atoms with Crippen molar-refractivity contribution in [1.82, 2.24) is 24.8 Å². The predicted molar refractivity (Wildman–Crippen MR) is 101 cm³/mol. The number of hydrogen-bond acceptors (Lipinski definition) is 6. The highest BCUT2D eigenvalue weighted by molar-refractivity contribution is 5.93. The first-order valence-electron chi connectivity index (χ1n) is 9.47. The van der Waals surface area contributed by atoms with Crippen LogP contribution in [0.4, 0.5) is 0 Å². The first-order chi connectivity index (χ1) is 13.1. The minimum Gasteiger partial charge on any atom is -0.392 e. The molecule has 0 saturated carbocycles. The standard InChI is InChI=1S/C20H25N5O2/c1-24-10-6-17(26)20(13-24)7-4-9-25(14-20)19(27)15-11-22-18(23-12-15)16-5-2-3-8-21-16/h2-3,5,8,11-12,17,26H,4,6-7,9-10,13-14H2,1H3/t17-,20-/m0/s1. The van der Waals surface area contributed by atoms with Crippen LogP contribution in [0.15, 0.2) is 36.8 Å². The molecule has 7 nitrogen and oxygen atoms in total. The Kier molecular flexibility index (Phi) is 4.88. The van der Waals surface area contributed by atoms with Crippen LogP contribution in [-0.2, 0) is 0 Å². The molecule has 2 fully saturated rings. The van der Waals surface area contributed by atoms with Crippen molar-refractivity contribution >= 4 is 5.91 Å². The Morgan fingerprint density at radius 3 is 2.74 bits per heavy atom. The number of carbonyl (C=O) groups is 1. The van der Waals surface area contributed by atoms with Crippen LogP contribution < -0.4 is 0 Å². The van der Waals surface area contributed by atoms with Crippen LogP contribution >= 0.6 is 0 Å². The molecule has 27 heavy (non-hydrogen) atoms. The van der Waals surface area contributed by atoms with Crippen molar-refractivity contribution in [3.63, 3.8) is 0 Å². The fraction of sp³-hybridized carbons (Fsp3) is 0.500. The van der Waals surface area contributed by atoms with Crippen molar-refractivity contribution in [2.75, 3.05) is 33.2 Å². The van der Waals surface area contributed by atoms with Crippen LogP contribution in [0.2, 0.25) is 0 Å². The van der Waals surface area contributed by atoms with Gasteiger partial charge in [0.1, 0.15) is 5.69 Å². The van der Waals surface area contributed by atoms with Crippen LogP contribution in [0.1, 0.15) is 29.6 Å². The van der Waals surface area contributed by atoms with E-state index in [4.69, 9.17) is 0 Å². The molecule has 4 heterocycles. The first kappa shape index (κ1) is 18.0. The average molecular weight is 367 g/mol. The number of nitrogens with zero attached hydrogens (tertiary/aromatic N) is 5. The number of hydrogen-bond donors (Lipinski definition) is 1. The molecule has 0 unspecified atom stereocenters. The first-order valence-corrected chi connectivity index (χ1v) is 9.47. The molecule has 7 heteroatoms. The topological polar surface area (TPSA) is 82.5 Å². The predicted octanol–water partition coefficient (Wildman–Crippen LogP) is 1.46. The molecule has 1 spiro atoms. The molecule has 2 atom stereocenters. The van der Waals surface area contributed by atoms with Gasteiger partial charge < -0.3 is 14.9 Å². The summed E-state index contributed by atoms with van der Waals surface area (Å²) >= 11 is 0. The van der Waals surface area contributed by atoms with Gasteiger partial charge in [-0.2, -0.15) is 0 Å². The Morgan fingerprint density at radius 1 is 1.19 bits per heavy atom. The highest BCUT2D eigenvalue weighted by Gasteiger charge is 2.45. The lowest BCUT2D eigenvalue weighted by atomic mass is 9.71. The second-order valence-corrected chi connectivity index (χ2v) is 7.75. The molecule has 2 aromatic rings. The van der Waals surface area contributed by atoms with Crippen molar-refractivity contribution in [2.45, 2.75) is 25.4 Å². The molecular formula is C20H25N5O2. The molecule has 4 rings (SSSR count). The van der Waals surface area contributed by atoms with E-state index in [9.17, 15) is 9.90 Å². The molecule has 2 aliphatic heterocycles. The highest BCUT2D eigenvalue weighted by atomic mass is 16.3. The normalized spacial score (nSPS) is 26.3. The Labute approximate surface area is 159 Å². The summed E-state index contributed by atoms with van der Waals surface area (Å²) in [5.74, 6) is 0.439. The zero-order valence-electron chi connectivity index (χ0n) is 15.6. The van der Waals surface area contributed by atoms with E-state index in [0.29, 0.717) is 30.2 Å². The van der Waals surface area contributed by atoms with E-state index in [-0.39, 0.29) is 17.4 Å². The second kappa shape index (κ2) is 7.32. The molecule has 0 aliphatic carbocycles. The number of amides is 1. The summed E-state index contributed by atoms with van der Waals surface area (Å²) < 4.78 is 0. The SMILES string of the molecule is CN1CC[C@H](O)[C@@]2(CCCN(C(=O)c3cnc(-c4ccccn4)nc3)C2)C1. The van der Waals surface area contributed by atoms with Crippen LogP contribution in [-0.4, -0.2) is 75.1 Å². The largest absolute Gasteiger partial charge is 0.392 e. The number of rotatable bonds is 2. The van der Waals surface area contributed by atoms with Crippen molar-refractivity contribution in [1.29, 1.82) is 0 Å². The minimum atomic E-state index is -0.355. The zero-order chi connectivity index (χ0) is 18.9. The summed E-state index contributed by atoms with van der Waals surface area (Å²) in [5.41, 5.74) is 0.933. The lowest BCUT2D eigenvalue weighted by Crippen LogP contribution is -2.59. The number of likely N-dealkylation sites (tertiary alicyclic amines) is 2. The van der Waals surface area contributed by atoms with Gasteiger partial charge in [0.25, 0.3) is 5.91 Å². The summed E-state index contributed by atoms with van der Waals surface area (Å²) in [6, 6.07) is 5.56. The Hall–Kier alpha value is -2.38. The molecule has 2 aromatic heterocycles. The zero-order valence-corrected chi connectivity index (χ0v) is 15.6. The third-order valence-corrected chi connectivity index (χ3v) is 5.76. The third-order valence-electron chi connectivity index (χ3n) is 5.76. The maximum Gasteiger partial charge on any atom is 0.257 e. The molecule has 0 aromatic carbocycles.